The van der Waals surface area contributed by atoms with Crippen molar-refractivity contribution in [2.24, 2.45) is 0 Å². The average molecular weight is 606 g/mol. The molecular formula is C34H43N3O5S. The molecule has 9 heteroatoms. The third-order valence-electron chi connectivity index (χ3n) is 7.86. The van der Waals surface area contributed by atoms with Gasteiger partial charge in [-0.15, -0.1) is 0 Å². The highest BCUT2D eigenvalue weighted by Crippen LogP contribution is 2.24. The van der Waals surface area contributed by atoms with Crippen LogP contribution >= 0.6 is 0 Å². The van der Waals surface area contributed by atoms with E-state index in [1.54, 1.807) is 24.3 Å². The molecule has 0 aliphatic heterocycles. The highest BCUT2D eigenvalue weighted by molar-refractivity contribution is 7.92. The van der Waals surface area contributed by atoms with Gasteiger partial charge in [-0.1, -0.05) is 86.3 Å². The van der Waals surface area contributed by atoms with E-state index < -0.39 is 28.5 Å². The van der Waals surface area contributed by atoms with E-state index in [4.69, 9.17) is 4.74 Å². The monoisotopic (exact) mass is 605 g/mol. The molecule has 0 radical (unpaired) electrons. The minimum absolute atomic E-state index is 0.0989. The largest absolute Gasteiger partial charge is 0.489 e. The zero-order valence-corrected chi connectivity index (χ0v) is 26.2. The van der Waals surface area contributed by atoms with Crippen LogP contribution in [0.3, 0.4) is 0 Å². The van der Waals surface area contributed by atoms with Crippen molar-refractivity contribution in [3.05, 3.63) is 95.6 Å². The number of anilines is 1. The maximum atomic E-state index is 14.0. The van der Waals surface area contributed by atoms with Gasteiger partial charge in [0.15, 0.2) is 0 Å². The topological polar surface area (TPSA) is 96.0 Å². The van der Waals surface area contributed by atoms with Gasteiger partial charge in [0.05, 0.1) is 11.9 Å². The van der Waals surface area contributed by atoms with Crippen LogP contribution in [-0.4, -0.2) is 50.0 Å². The standard InChI is InChI=1S/C34H43N3O5S/c1-4-32(34(39)35-29-13-9-6-10-14-29)36(23-27-17-15-26(2)16-18-27)33(38)24-37(43(3,40)41)30-19-21-31(22-20-30)42-25-28-11-7-5-8-12-28/h5,7-8,11-12,15-22,29,32H,4,6,9-10,13-14,23-25H2,1-3H3,(H,35,39)/t32-/m1/s1. The molecule has 3 aromatic rings. The number of nitrogens with one attached hydrogen (secondary N) is 1. The second kappa shape index (κ2) is 15.0. The molecule has 230 valence electrons. The van der Waals surface area contributed by atoms with Crippen LogP contribution in [0.5, 0.6) is 5.75 Å². The van der Waals surface area contributed by atoms with E-state index in [9.17, 15) is 18.0 Å². The van der Waals surface area contributed by atoms with E-state index in [2.05, 4.69) is 5.32 Å². The van der Waals surface area contributed by atoms with E-state index in [0.717, 1.165) is 52.9 Å². The molecule has 8 nitrogen and oxygen atoms in total. The second-order valence-electron chi connectivity index (χ2n) is 11.3. The fourth-order valence-electron chi connectivity index (χ4n) is 5.42. The van der Waals surface area contributed by atoms with E-state index in [0.29, 0.717) is 24.5 Å². The first kappa shape index (κ1) is 32.1. The maximum Gasteiger partial charge on any atom is 0.244 e. The van der Waals surface area contributed by atoms with Crippen molar-refractivity contribution in [2.75, 3.05) is 17.1 Å². The Hall–Kier alpha value is -3.85. The molecule has 0 saturated heterocycles. The molecule has 2 amide bonds. The average Bonchev–Trinajstić information content (AvgIpc) is 3.00. The highest BCUT2D eigenvalue weighted by Gasteiger charge is 2.32. The summed E-state index contributed by atoms with van der Waals surface area (Å²) in [6, 6.07) is 23.6. The molecule has 3 aromatic carbocycles. The Morgan fingerprint density at radius 2 is 1.56 bits per heavy atom. The summed E-state index contributed by atoms with van der Waals surface area (Å²) in [6.07, 6.45) is 6.67. The molecule has 1 N–H and O–H groups in total. The van der Waals surface area contributed by atoms with Crippen LogP contribution < -0.4 is 14.4 Å². The van der Waals surface area contributed by atoms with Crippen molar-refractivity contribution in [3.8, 4) is 5.75 Å². The van der Waals surface area contributed by atoms with Crippen LogP contribution in [0.1, 0.15) is 62.1 Å². The predicted octanol–water partition coefficient (Wildman–Crippen LogP) is 5.60. The number of carbonyl (C=O) groups excluding carboxylic acids is 2. The number of rotatable bonds is 13. The lowest BCUT2D eigenvalue weighted by atomic mass is 9.95. The Kier molecular flexibility index (Phi) is 11.2. The number of hydrogen-bond acceptors (Lipinski definition) is 5. The van der Waals surface area contributed by atoms with E-state index in [1.165, 1.54) is 11.3 Å². The van der Waals surface area contributed by atoms with Crippen LogP contribution in [0.2, 0.25) is 0 Å². The molecule has 1 aliphatic rings. The first-order valence-electron chi connectivity index (χ1n) is 15.0. The number of benzene rings is 3. The fourth-order valence-corrected chi connectivity index (χ4v) is 6.27. The van der Waals surface area contributed by atoms with E-state index in [-0.39, 0.29) is 18.5 Å². The van der Waals surface area contributed by atoms with Crippen LogP contribution in [0, 0.1) is 6.92 Å². The summed E-state index contributed by atoms with van der Waals surface area (Å²) in [5, 5.41) is 3.17. The van der Waals surface area contributed by atoms with Gasteiger partial charge in [0, 0.05) is 12.6 Å². The molecule has 1 atom stereocenters. The number of nitrogens with zero attached hydrogens (tertiary/aromatic N) is 2. The lowest BCUT2D eigenvalue weighted by Crippen LogP contribution is -2.53. The first-order valence-corrected chi connectivity index (χ1v) is 16.9. The van der Waals surface area contributed by atoms with Crippen LogP contribution in [-0.2, 0) is 32.8 Å². The molecule has 0 aromatic heterocycles. The molecule has 1 fully saturated rings. The van der Waals surface area contributed by atoms with Gasteiger partial charge >= 0.3 is 0 Å². The number of sulfonamides is 1. The number of hydrogen-bond donors (Lipinski definition) is 1. The maximum absolute atomic E-state index is 14.0. The summed E-state index contributed by atoms with van der Waals surface area (Å²) in [6.45, 7) is 4.01. The third kappa shape index (κ3) is 9.32. The van der Waals surface area contributed by atoms with Gasteiger partial charge in [0.25, 0.3) is 0 Å². The molecule has 0 spiro atoms. The summed E-state index contributed by atoms with van der Waals surface area (Å²) >= 11 is 0. The minimum Gasteiger partial charge on any atom is -0.489 e. The Balaban J connectivity index is 1.54. The fraction of sp³-hybridized carbons (Fsp3) is 0.412. The SMILES string of the molecule is CC[C@H](C(=O)NC1CCCCC1)N(Cc1ccc(C)cc1)C(=O)CN(c1ccc(OCc2ccccc2)cc1)S(C)(=O)=O. The Morgan fingerprint density at radius 3 is 2.16 bits per heavy atom. The molecule has 0 heterocycles. The van der Waals surface area contributed by atoms with Gasteiger partial charge in [0.1, 0.15) is 24.9 Å². The van der Waals surface area contributed by atoms with Gasteiger partial charge in [-0.2, -0.15) is 0 Å². The Labute approximate surface area is 256 Å². The van der Waals surface area contributed by atoms with Crippen LogP contribution in [0.4, 0.5) is 5.69 Å². The summed E-state index contributed by atoms with van der Waals surface area (Å²) < 4.78 is 32.9. The second-order valence-corrected chi connectivity index (χ2v) is 13.2. The quantitative estimate of drug-likeness (QED) is 0.274. The lowest BCUT2D eigenvalue weighted by Gasteiger charge is -2.34. The molecule has 1 saturated carbocycles. The highest BCUT2D eigenvalue weighted by atomic mass is 32.2. The molecule has 4 rings (SSSR count). The van der Waals surface area contributed by atoms with Crippen molar-refractivity contribution >= 4 is 27.5 Å². The van der Waals surface area contributed by atoms with Crippen molar-refractivity contribution < 1.29 is 22.7 Å². The lowest BCUT2D eigenvalue weighted by molar-refractivity contribution is -0.140. The number of carbonyl (C=O) groups is 2. The van der Waals surface area contributed by atoms with Crippen molar-refractivity contribution in [2.45, 2.75) is 77.6 Å². The zero-order valence-electron chi connectivity index (χ0n) is 25.4. The van der Waals surface area contributed by atoms with Crippen LogP contribution in [0.15, 0.2) is 78.9 Å². The molecule has 0 bridgehead atoms. The number of ether oxygens (including phenoxy) is 1. The number of aryl methyl sites for hydroxylation is 1. The van der Waals surface area contributed by atoms with E-state index in [1.807, 2.05) is 68.4 Å². The molecule has 43 heavy (non-hydrogen) atoms. The van der Waals surface area contributed by atoms with E-state index >= 15 is 0 Å². The first-order chi connectivity index (χ1) is 20.6. The molecule has 0 unspecified atom stereocenters. The van der Waals surface area contributed by atoms with Crippen molar-refractivity contribution in [1.82, 2.24) is 10.2 Å². The Morgan fingerprint density at radius 1 is 0.907 bits per heavy atom. The smallest absolute Gasteiger partial charge is 0.244 e. The normalized spacial score (nSPS) is 14.5. The van der Waals surface area contributed by atoms with Crippen molar-refractivity contribution in [1.29, 1.82) is 0 Å². The van der Waals surface area contributed by atoms with Crippen molar-refractivity contribution in [3.63, 3.8) is 0 Å². The predicted molar refractivity (Wildman–Crippen MR) is 170 cm³/mol. The molecule has 1 aliphatic carbocycles. The summed E-state index contributed by atoms with van der Waals surface area (Å²) in [7, 11) is -3.82. The summed E-state index contributed by atoms with van der Waals surface area (Å²) in [5.41, 5.74) is 3.32. The van der Waals surface area contributed by atoms with Gasteiger partial charge in [-0.25, -0.2) is 8.42 Å². The number of amides is 2. The van der Waals surface area contributed by atoms with Gasteiger partial charge < -0.3 is 15.0 Å². The molecular weight excluding hydrogens is 562 g/mol. The van der Waals surface area contributed by atoms with Gasteiger partial charge in [0.2, 0.25) is 21.8 Å². The van der Waals surface area contributed by atoms with Gasteiger partial charge in [-0.05, 0) is 61.6 Å². The Bertz CT molecular complexity index is 1440. The third-order valence-corrected chi connectivity index (χ3v) is 9.00. The van der Waals surface area contributed by atoms with Crippen LogP contribution in [0.25, 0.3) is 0 Å². The minimum atomic E-state index is -3.82. The summed E-state index contributed by atoms with van der Waals surface area (Å²) in [4.78, 5) is 29.0. The summed E-state index contributed by atoms with van der Waals surface area (Å²) in [5.74, 6) is -0.0551. The van der Waals surface area contributed by atoms with Gasteiger partial charge in [-0.3, -0.25) is 13.9 Å². The zero-order chi connectivity index (χ0) is 30.8.